The molecule has 4 rings (SSSR count). The molecule has 0 saturated carbocycles. The second-order valence-electron chi connectivity index (χ2n) is 6.82. The van der Waals surface area contributed by atoms with E-state index in [1.54, 1.807) is 6.07 Å². The van der Waals surface area contributed by atoms with Crippen molar-refractivity contribution in [3.63, 3.8) is 0 Å². The van der Waals surface area contributed by atoms with Gasteiger partial charge in [-0.1, -0.05) is 12.1 Å². The molecule has 1 aromatic heterocycles. The first-order valence-corrected chi connectivity index (χ1v) is 9.86. The van der Waals surface area contributed by atoms with Crippen LogP contribution in [0, 0.1) is 0 Å². The van der Waals surface area contributed by atoms with E-state index in [0.717, 1.165) is 36.2 Å². The Hall–Kier alpha value is -3.02. The number of para-hydroxylation sites is 2. The van der Waals surface area contributed by atoms with Gasteiger partial charge in [-0.05, 0) is 57.0 Å². The molecule has 2 aromatic carbocycles. The molecule has 0 unspecified atom stereocenters. The van der Waals surface area contributed by atoms with Gasteiger partial charge in [0, 0.05) is 12.1 Å². The average molecular weight is 379 g/mol. The third-order valence-corrected chi connectivity index (χ3v) is 5.03. The van der Waals surface area contributed by atoms with E-state index in [-0.39, 0.29) is 11.9 Å². The molecule has 3 aromatic rings. The average Bonchev–Trinajstić information content (AvgIpc) is 3.35. The Morgan fingerprint density at radius 3 is 2.71 bits per heavy atom. The highest BCUT2D eigenvalue weighted by Crippen LogP contribution is 2.34. The molecule has 1 amide bonds. The Bertz CT molecular complexity index is 949. The SMILES string of the molecule is CCOc1ccc(C(=O)N2CCC[C@H]2c2nc3ccccc3[nH]2)cc1OCC. The van der Waals surface area contributed by atoms with Gasteiger partial charge in [0.05, 0.1) is 30.3 Å². The predicted molar refractivity (Wildman–Crippen MR) is 108 cm³/mol. The van der Waals surface area contributed by atoms with E-state index in [0.29, 0.717) is 30.3 Å². The van der Waals surface area contributed by atoms with Crippen LogP contribution in [0.1, 0.15) is 48.9 Å². The standard InChI is InChI=1S/C22H25N3O3/c1-3-27-19-12-11-15(14-20(19)28-4-2)22(26)25-13-7-10-18(25)21-23-16-8-5-6-9-17(16)24-21/h5-6,8-9,11-12,14,18H,3-4,7,10,13H2,1-2H3,(H,23,24)/t18-/m0/s1. The van der Waals surface area contributed by atoms with Gasteiger partial charge >= 0.3 is 0 Å². The molecule has 0 spiro atoms. The maximum atomic E-state index is 13.3. The Labute approximate surface area is 164 Å². The molecule has 28 heavy (non-hydrogen) atoms. The zero-order valence-electron chi connectivity index (χ0n) is 16.3. The third-order valence-electron chi connectivity index (χ3n) is 5.03. The summed E-state index contributed by atoms with van der Waals surface area (Å²) in [7, 11) is 0. The molecule has 1 aliphatic heterocycles. The zero-order chi connectivity index (χ0) is 19.5. The number of aromatic amines is 1. The summed E-state index contributed by atoms with van der Waals surface area (Å²) in [5.41, 5.74) is 2.53. The fourth-order valence-electron chi connectivity index (χ4n) is 3.77. The number of fused-ring (bicyclic) bond motifs is 1. The first kappa shape index (κ1) is 18.3. The number of hydrogen-bond donors (Lipinski definition) is 1. The molecule has 2 heterocycles. The van der Waals surface area contributed by atoms with Crippen molar-refractivity contribution in [2.24, 2.45) is 0 Å². The number of ether oxygens (including phenoxy) is 2. The van der Waals surface area contributed by atoms with E-state index >= 15 is 0 Å². The summed E-state index contributed by atoms with van der Waals surface area (Å²) in [5.74, 6) is 2.11. The van der Waals surface area contributed by atoms with Crippen LogP contribution in [0.4, 0.5) is 0 Å². The third kappa shape index (κ3) is 3.42. The van der Waals surface area contributed by atoms with Crippen LogP contribution in [0.15, 0.2) is 42.5 Å². The van der Waals surface area contributed by atoms with Crippen LogP contribution < -0.4 is 9.47 Å². The van der Waals surface area contributed by atoms with Crippen molar-refractivity contribution in [2.45, 2.75) is 32.7 Å². The van der Waals surface area contributed by atoms with Crippen molar-refractivity contribution in [3.05, 3.63) is 53.9 Å². The summed E-state index contributed by atoms with van der Waals surface area (Å²) in [5, 5.41) is 0. The van der Waals surface area contributed by atoms with Gasteiger partial charge in [0.1, 0.15) is 5.82 Å². The molecular formula is C22H25N3O3. The highest BCUT2D eigenvalue weighted by Gasteiger charge is 2.33. The van der Waals surface area contributed by atoms with Crippen molar-refractivity contribution in [1.82, 2.24) is 14.9 Å². The number of rotatable bonds is 6. The van der Waals surface area contributed by atoms with Crippen molar-refractivity contribution < 1.29 is 14.3 Å². The van der Waals surface area contributed by atoms with E-state index in [1.807, 2.05) is 55.1 Å². The number of aromatic nitrogens is 2. The lowest BCUT2D eigenvalue weighted by atomic mass is 10.1. The minimum Gasteiger partial charge on any atom is -0.490 e. The van der Waals surface area contributed by atoms with Crippen molar-refractivity contribution in [3.8, 4) is 11.5 Å². The van der Waals surface area contributed by atoms with Gasteiger partial charge < -0.3 is 19.4 Å². The van der Waals surface area contributed by atoms with Gasteiger partial charge in [-0.3, -0.25) is 4.79 Å². The highest BCUT2D eigenvalue weighted by atomic mass is 16.5. The Morgan fingerprint density at radius 2 is 1.93 bits per heavy atom. The van der Waals surface area contributed by atoms with E-state index in [9.17, 15) is 4.79 Å². The first-order valence-electron chi connectivity index (χ1n) is 9.86. The molecule has 1 saturated heterocycles. The van der Waals surface area contributed by atoms with Crippen LogP contribution in [-0.4, -0.2) is 40.5 Å². The maximum absolute atomic E-state index is 13.3. The monoisotopic (exact) mass is 379 g/mol. The molecule has 1 fully saturated rings. The molecule has 1 N–H and O–H groups in total. The van der Waals surface area contributed by atoms with Crippen LogP contribution in [0.25, 0.3) is 11.0 Å². The number of imidazole rings is 1. The number of hydrogen-bond acceptors (Lipinski definition) is 4. The molecule has 0 bridgehead atoms. The minimum absolute atomic E-state index is 0.00745. The predicted octanol–water partition coefficient (Wildman–Crippen LogP) is 4.34. The minimum atomic E-state index is -0.0398. The quantitative estimate of drug-likeness (QED) is 0.692. The Balaban J connectivity index is 1.62. The van der Waals surface area contributed by atoms with E-state index in [1.165, 1.54) is 0 Å². The molecular weight excluding hydrogens is 354 g/mol. The summed E-state index contributed by atoms with van der Waals surface area (Å²) in [6.45, 7) is 5.63. The van der Waals surface area contributed by atoms with Gasteiger partial charge in [-0.2, -0.15) is 0 Å². The summed E-state index contributed by atoms with van der Waals surface area (Å²) in [6.07, 6.45) is 1.86. The maximum Gasteiger partial charge on any atom is 0.254 e. The molecule has 0 aliphatic carbocycles. The molecule has 0 radical (unpaired) electrons. The first-order chi connectivity index (χ1) is 13.7. The topological polar surface area (TPSA) is 67.5 Å². The smallest absolute Gasteiger partial charge is 0.254 e. The van der Waals surface area contributed by atoms with E-state index in [2.05, 4.69) is 4.98 Å². The summed E-state index contributed by atoms with van der Waals surface area (Å²) in [6, 6.07) is 13.3. The molecule has 1 aliphatic rings. The van der Waals surface area contributed by atoms with Gasteiger partial charge in [0.15, 0.2) is 11.5 Å². The van der Waals surface area contributed by atoms with Gasteiger partial charge in [-0.15, -0.1) is 0 Å². The van der Waals surface area contributed by atoms with Crippen LogP contribution in [0.2, 0.25) is 0 Å². The lowest BCUT2D eigenvalue weighted by molar-refractivity contribution is 0.0730. The second kappa shape index (κ2) is 7.92. The van der Waals surface area contributed by atoms with E-state index < -0.39 is 0 Å². The number of carbonyl (C=O) groups is 1. The molecule has 1 atom stereocenters. The summed E-state index contributed by atoms with van der Waals surface area (Å²) in [4.78, 5) is 23.3. The van der Waals surface area contributed by atoms with Gasteiger partial charge in [0.2, 0.25) is 0 Å². The highest BCUT2D eigenvalue weighted by molar-refractivity contribution is 5.95. The lowest BCUT2D eigenvalue weighted by Crippen LogP contribution is -2.31. The van der Waals surface area contributed by atoms with Crippen LogP contribution in [0.3, 0.4) is 0 Å². The Kier molecular flexibility index (Phi) is 5.19. The number of benzene rings is 2. The van der Waals surface area contributed by atoms with E-state index in [4.69, 9.17) is 14.5 Å². The zero-order valence-corrected chi connectivity index (χ0v) is 16.3. The normalized spacial score (nSPS) is 16.5. The summed E-state index contributed by atoms with van der Waals surface area (Å²) >= 11 is 0. The fraction of sp³-hybridized carbons (Fsp3) is 0.364. The lowest BCUT2D eigenvalue weighted by Gasteiger charge is -2.23. The number of amides is 1. The van der Waals surface area contributed by atoms with Crippen molar-refractivity contribution >= 4 is 16.9 Å². The van der Waals surface area contributed by atoms with Crippen LogP contribution in [-0.2, 0) is 0 Å². The second-order valence-corrected chi connectivity index (χ2v) is 6.82. The van der Waals surface area contributed by atoms with Gasteiger partial charge in [0.25, 0.3) is 5.91 Å². The van der Waals surface area contributed by atoms with Crippen molar-refractivity contribution in [2.75, 3.05) is 19.8 Å². The van der Waals surface area contributed by atoms with Crippen LogP contribution >= 0.6 is 0 Å². The van der Waals surface area contributed by atoms with Crippen molar-refractivity contribution in [1.29, 1.82) is 0 Å². The largest absolute Gasteiger partial charge is 0.490 e. The van der Waals surface area contributed by atoms with Gasteiger partial charge in [-0.25, -0.2) is 4.98 Å². The molecule has 146 valence electrons. The molecule has 6 heteroatoms. The molecule has 6 nitrogen and oxygen atoms in total. The fourth-order valence-corrected chi connectivity index (χ4v) is 3.77. The number of likely N-dealkylation sites (tertiary alicyclic amines) is 1. The van der Waals surface area contributed by atoms with Crippen LogP contribution in [0.5, 0.6) is 11.5 Å². The summed E-state index contributed by atoms with van der Waals surface area (Å²) < 4.78 is 11.3. The number of nitrogens with one attached hydrogen (secondary N) is 1. The number of nitrogens with zero attached hydrogens (tertiary/aromatic N) is 2. The number of H-pyrrole nitrogens is 1. The number of carbonyl (C=O) groups excluding carboxylic acids is 1. The Morgan fingerprint density at radius 1 is 1.14 bits per heavy atom.